The van der Waals surface area contributed by atoms with Gasteiger partial charge in [0.1, 0.15) is 12.2 Å². The van der Waals surface area contributed by atoms with Gasteiger partial charge in [-0.1, -0.05) is 6.92 Å². The lowest BCUT2D eigenvalue weighted by Crippen LogP contribution is -2.39. The number of halogens is 3. The van der Waals surface area contributed by atoms with Crippen LogP contribution in [0.3, 0.4) is 0 Å². The van der Waals surface area contributed by atoms with Gasteiger partial charge in [0.25, 0.3) is 5.91 Å². The lowest BCUT2D eigenvalue weighted by Gasteiger charge is -2.23. The van der Waals surface area contributed by atoms with E-state index < -0.39 is 24.6 Å². The summed E-state index contributed by atoms with van der Waals surface area (Å²) in [6, 6.07) is 2.29. The van der Waals surface area contributed by atoms with E-state index in [0.29, 0.717) is 11.3 Å². The summed E-state index contributed by atoms with van der Waals surface area (Å²) < 4.78 is 37.4. The molecular formula is C13H15F3N2O3. The van der Waals surface area contributed by atoms with Crippen LogP contribution in [0.25, 0.3) is 0 Å². The molecule has 0 saturated carbocycles. The van der Waals surface area contributed by atoms with E-state index in [1.54, 1.807) is 6.92 Å². The summed E-state index contributed by atoms with van der Waals surface area (Å²) in [7, 11) is 0. The fraction of sp³-hybridized carbons (Fsp3) is 0.462. The van der Waals surface area contributed by atoms with Crippen molar-refractivity contribution in [3.8, 4) is 0 Å². The Morgan fingerprint density at radius 3 is 2.38 bits per heavy atom. The molecule has 1 rings (SSSR count). The predicted molar refractivity (Wildman–Crippen MR) is 68.2 cm³/mol. The van der Waals surface area contributed by atoms with Crippen molar-refractivity contribution in [1.29, 1.82) is 0 Å². The normalized spacial score (nSPS) is 11.3. The van der Waals surface area contributed by atoms with Gasteiger partial charge in [-0.05, 0) is 25.5 Å². The maximum absolute atomic E-state index is 12.5. The number of pyridine rings is 1. The molecule has 1 amide bonds. The van der Waals surface area contributed by atoms with Crippen molar-refractivity contribution in [2.75, 3.05) is 13.1 Å². The van der Waals surface area contributed by atoms with Crippen LogP contribution in [0.1, 0.15) is 39.9 Å². The number of carboxylic acids is 1. The van der Waals surface area contributed by atoms with Gasteiger partial charge in [0.2, 0.25) is 0 Å². The van der Waals surface area contributed by atoms with Crippen LogP contribution >= 0.6 is 0 Å². The lowest BCUT2D eigenvalue weighted by atomic mass is 10.1. The number of carbonyl (C=O) groups excluding carboxylic acids is 1. The highest BCUT2D eigenvalue weighted by atomic mass is 19.4. The molecule has 0 aromatic carbocycles. The lowest BCUT2D eigenvalue weighted by molar-refractivity contribution is -0.140. The molecule has 1 aromatic heterocycles. The number of hydrogen-bond acceptors (Lipinski definition) is 3. The standard InChI is InChI=1S/C13H15F3N2O3/c1-3-6-18(7-13(14,15)16)11(19)10-5-4-9(12(20)21)8(2)17-10/h4-5H,3,6-7H2,1-2H3,(H,20,21). The predicted octanol–water partition coefficient (Wildman–Crippen LogP) is 2.50. The van der Waals surface area contributed by atoms with Crippen molar-refractivity contribution < 1.29 is 27.9 Å². The molecule has 0 aliphatic heterocycles. The van der Waals surface area contributed by atoms with Gasteiger partial charge in [-0.15, -0.1) is 0 Å². The second-order valence-corrected chi connectivity index (χ2v) is 4.48. The molecule has 0 fully saturated rings. The van der Waals surface area contributed by atoms with E-state index in [2.05, 4.69) is 4.98 Å². The molecular weight excluding hydrogens is 289 g/mol. The van der Waals surface area contributed by atoms with Crippen LogP contribution in [0.5, 0.6) is 0 Å². The van der Waals surface area contributed by atoms with Crippen LogP contribution in [0.2, 0.25) is 0 Å². The van der Waals surface area contributed by atoms with E-state index in [1.165, 1.54) is 6.92 Å². The second kappa shape index (κ2) is 6.55. The molecule has 0 atom stereocenters. The summed E-state index contributed by atoms with van der Waals surface area (Å²) in [5.41, 5.74) is -0.212. The minimum Gasteiger partial charge on any atom is -0.478 e. The molecule has 0 aliphatic rings. The number of hydrogen-bond donors (Lipinski definition) is 1. The van der Waals surface area contributed by atoms with Gasteiger partial charge in [-0.3, -0.25) is 4.79 Å². The van der Waals surface area contributed by atoms with Crippen molar-refractivity contribution in [3.63, 3.8) is 0 Å². The number of carboxylic acid groups (broad SMARTS) is 1. The van der Waals surface area contributed by atoms with Gasteiger partial charge in [-0.25, -0.2) is 9.78 Å². The zero-order valence-corrected chi connectivity index (χ0v) is 11.6. The fourth-order valence-electron chi connectivity index (χ4n) is 1.81. The van der Waals surface area contributed by atoms with Crippen LogP contribution in [0.15, 0.2) is 12.1 Å². The summed E-state index contributed by atoms with van der Waals surface area (Å²) in [6.07, 6.45) is -4.13. The van der Waals surface area contributed by atoms with Crippen molar-refractivity contribution >= 4 is 11.9 Å². The van der Waals surface area contributed by atoms with Crippen LogP contribution in [0, 0.1) is 6.92 Å². The van der Waals surface area contributed by atoms with Gasteiger partial charge in [0.15, 0.2) is 0 Å². The minimum atomic E-state index is -4.50. The van der Waals surface area contributed by atoms with Gasteiger partial charge in [-0.2, -0.15) is 13.2 Å². The van der Waals surface area contributed by atoms with Gasteiger partial charge in [0, 0.05) is 6.54 Å². The zero-order valence-electron chi connectivity index (χ0n) is 11.6. The Balaban J connectivity index is 3.04. The summed E-state index contributed by atoms with van der Waals surface area (Å²) >= 11 is 0. The topological polar surface area (TPSA) is 70.5 Å². The Morgan fingerprint density at radius 2 is 1.95 bits per heavy atom. The first-order chi connectivity index (χ1) is 9.65. The Bertz CT molecular complexity index is 544. The monoisotopic (exact) mass is 304 g/mol. The summed E-state index contributed by atoms with van der Waals surface area (Å²) in [6.45, 7) is 1.62. The third-order valence-corrected chi connectivity index (χ3v) is 2.69. The smallest absolute Gasteiger partial charge is 0.406 e. The first-order valence-corrected chi connectivity index (χ1v) is 6.22. The SMILES string of the molecule is CCCN(CC(F)(F)F)C(=O)c1ccc(C(=O)O)c(C)n1. The first-order valence-electron chi connectivity index (χ1n) is 6.22. The second-order valence-electron chi connectivity index (χ2n) is 4.48. The Morgan fingerprint density at radius 1 is 1.33 bits per heavy atom. The number of aryl methyl sites for hydroxylation is 1. The average Bonchev–Trinajstić information content (AvgIpc) is 2.35. The van der Waals surface area contributed by atoms with E-state index in [-0.39, 0.29) is 23.5 Å². The van der Waals surface area contributed by atoms with E-state index in [4.69, 9.17) is 5.11 Å². The summed E-state index contributed by atoms with van der Waals surface area (Å²) in [5, 5.41) is 8.86. The third-order valence-electron chi connectivity index (χ3n) is 2.69. The summed E-state index contributed by atoms with van der Waals surface area (Å²) in [4.78, 5) is 27.3. The van der Waals surface area contributed by atoms with Gasteiger partial charge in [0.05, 0.1) is 11.3 Å². The Hall–Kier alpha value is -2.12. The van der Waals surface area contributed by atoms with E-state index >= 15 is 0 Å². The molecule has 0 aliphatic carbocycles. The number of aromatic nitrogens is 1. The summed E-state index contributed by atoms with van der Waals surface area (Å²) in [5.74, 6) is -2.08. The largest absolute Gasteiger partial charge is 0.478 e. The van der Waals surface area contributed by atoms with Crippen molar-refractivity contribution in [2.45, 2.75) is 26.4 Å². The average molecular weight is 304 g/mol. The highest BCUT2D eigenvalue weighted by Gasteiger charge is 2.33. The molecule has 0 bridgehead atoms. The van der Waals surface area contributed by atoms with Crippen LogP contribution in [-0.4, -0.2) is 46.1 Å². The maximum atomic E-state index is 12.5. The van der Waals surface area contributed by atoms with Crippen molar-refractivity contribution in [2.24, 2.45) is 0 Å². The Kier molecular flexibility index (Phi) is 5.28. The minimum absolute atomic E-state index is 0.0558. The first kappa shape index (κ1) is 16.9. The van der Waals surface area contributed by atoms with E-state index in [1.807, 2.05) is 0 Å². The van der Waals surface area contributed by atoms with E-state index in [9.17, 15) is 22.8 Å². The van der Waals surface area contributed by atoms with E-state index in [0.717, 1.165) is 12.1 Å². The van der Waals surface area contributed by atoms with Crippen molar-refractivity contribution in [1.82, 2.24) is 9.88 Å². The number of alkyl halides is 3. The molecule has 116 valence electrons. The molecule has 0 saturated heterocycles. The zero-order chi connectivity index (χ0) is 16.2. The molecule has 0 unspecified atom stereocenters. The molecule has 0 spiro atoms. The molecule has 21 heavy (non-hydrogen) atoms. The van der Waals surface area contributed by atoms with Crippen molar-refractivity contribution in [3.05, 3.63) is 29.1 Å². The van der Waals surface area contributed by atoms with Crippen LogP contribution in [0.4, 0.5) is 13.2 Å². The molecule has 0 radical (unpaired) electrons. The van der Waals surface area contributed by atoms with Crippen LogP contribution in [-0.2, 0) is 0 Å². The number of carbonyl (C=O) groups is 2. The third kappa shape index (κ3) is 4.73. The molecule has 1 heterocycles. The number of aromatic carboxylic acids is 1. The molecule has 5 nitrogen and oxygen atoms in total. The molecule has 1 N–H and O–H groups in total. The number of nitrogens with zero attached hydrogens (tertiary/aromatic N) is 2. The number of amides is 1. The highest BCUT2D eigenvalue weighted by molar-refractivity contribution is 5.94. The quantitative estimate of drug-likeness (QED) is 0.907. The van der Waals surface area contributed by atoms with Gasteiger partial charge >= 0.3 is 12.1 Å². The number of rotatable bonds is 5. The van der Waals surface area contributed by atoms with Crippen LogP contribution < -0.4 is 0 Å². The maximum Gasteiger partial charge on any atom is 0.406 e. The highest BCUT2D eigenvalue weighted by Crippen LogP contribution is 2.18. The molecule has 8 heteroatoms. The molecule has 1 aromatic rings. The van der Waals surface area contributed by atoms with Gasteiger partial charge < -0.3 is 10.0 Å². The fourth-order valence-corrected chi connectivity index (χ4v) is 1.81. The Labute approximate surface area is 119 Å².